The minimum atomic E-state index is -4.14. The van der Waals surface area contributed by atoms with Crippen molar-refractivity contribution in [3.8, 4) is 11.6 Å². The van der Waals surface area contributed by atoms with E-state index in [1.165, 1.54) is 21.3 Å². The van der Waals surface area contributed by atoms with Crippen LogP contribution in [0.3, 0.4) is 0 Å². The molecule has 14 heteroatoms. The van der Waals surface area contributed by atoms with Crippen molar-refractivity contribution in [1.82, 2.24) is 19.4 Å². The van der Waals surface area contributed by atoms with Gasteiger partial charge in [-0.3, -0.25) is 14.9 Å². The molecule has 0 atom stereocenters. The van der Waals surface area contributed by atoms with Crippen molar-refractivity contribution >= 4 is 21.6 Å². The van der Waals surface area contributed by atoms with Crippen LogP contribution in [-0.4, -0.2) is 59.6 Å². The van der Waals surface area contributed by atoms with Gasteiger partial charge in [0, 0.05) is 37.3 Å². The van der Waals surface area contributed by atoms with Gasteiger partial charge in [0.05, 0.1) is 30.9 Å². The third-order valence-electron chi connectivity index (χ3n) is 5.58. The maximum Gasteiger partial charge on any atom is 0.272 e. The standard InChI is InChI=1S/C22H25N5O8S/c1-3-26-22(15(2)20(24-26)21(28)23-14-17-5-4-10-34-17)35-18-7-6-16(27(29)30)13-19(18)36(31,32)25-8-11-33-12-9-25/h4-7,10,13H,3,8-9,11-12,14H2,1-2H3,(H,23,28). The third kappa shape index (κ3) is 5.10. The van der Waals surface area contributed by atoms with Crippen molar-refractivity contribution in [3.05, 3.63) is 63.7 Å². The molecule has 0 aliphatic carbocycles. The van der Waals surface area contributed by atoms with E-state index in [9.17, 15) is 23.3 Å². The predicted octanol–water partition coefficient (Wildman–Crippen LogP) is 2.46. The first-order valence-electron chi connectivity index (χ1n) is 11.1. The number of nitro benzene ring substituents is 1. The fourth-order valence-corrected chi connectivity index (χ4v) is 5.23. The summed E-state index contributed by atoms with van der Waals surface area (Å²) in [6.07, 6.45) is 1.50. The highest BCUT2D eigenvalue weighted by molar-refractivity contribution is 7.89. The maximum absolute atomic E-state index is 13.4. The molecule has 1 amide bonds. The van der Waals surface area contributed by atoms with Gasteiger partial charge in [0.2, 0.25) is 15.9 Å². The Bertz CT molecular complexity index is 1360. The number of non-ortho nitro benzene ring substituents is 1. The minimum absolute atomic E-state index is 0.0953. The molecule has 192 valence electrons. The molecule has 1 N–H and O–H groups in total. The molecule has 1 fully saturated rings. The predicted molar refractivity (Wildman–Crippen MR) is 125 cm³/mol. The number of aryl methyl sites for hydroxylation is 1. The Morgan fingerprint density at radius 1 is 1.28 bits per heavy atom. The summed E-state index contributed by atoms with van der Waals surface area (Å²) in [5, 5.41) is 18.4. The lowest BCUT2D eigenvalue weighted by molar-refractivity contribution is -0.385. The summed E-state index contributed by atoms with van der Waals surface area (Å²) >= 11 is 0. The van der Waals surface area contributed by atoms with Crippen LogP contribution in [0, 0.1) is 17.0 Å². The number of rotatable bonds is 9. The van der Waals surface area contributed by atoms with E-state index in [1.807, 2.05) is 0 Å². The Kier molecular flexibility index (Phi) is 7.37. The molecule has 1 aliphatic heterocycles. The largest absolute Gasteiger partial charge is 0.467 e. The van der Waals surface area contributed by atoms with Gasteiger partial charge in [-0.05, 0) is 32.0 Å². The zero-order valence-electron chi connectivity index (χ0n) is 19.7. The highest BCUT2D eigenvalue weighted by Gasteiger charge is 2.32. The number of morpholine rings is 1. The van der Waals surface area contributed by atoms with Crippen LogP contribution in [0.15, 0.2) is 45.9 Å². The van der Waals surface area contributed by atoms with Gasteiger partial charge in [-0.2, -0.15) is 9.40 Å². The quantitative estimate of drug-likeness (QED) is 0.331. The lowest BCUT2D eigenvalue weighted by Crippen LogP contribution is -2.40. The van der Waals surface area contributed by atoms with Gasteiger partial charge in [-0.15, -0.1) is 0 Å². The summed E-state index contributed by atoms with van der Waals surface area (Å²) in [7, 11) is -4.14. The molecule has 0 bridgehead atoms. The number of hydrogen-bond acceptors (Lipinski definition) is 9. The second kappa shape index (κ2) is 10.5. The Morgan fingerprint density at radius 2 is 2.03 bits per heavy atom. The van der Waals surface area contributed by atoms with Crippen LogP contribution in [0.1, 0.15) is 28.7 Å². The van der Waals surface area contributed by atoms with E-state index in [0.29, 0.717) is 17.9 Å². The molecule has 36 heavy (non-hydrogen) atoms. The van der Waals surface area contributed by atoms with Gasteiger partial charge < -0.3 is 19.2 Å². The molecule has 0 unspecified atom stereocenters. The first kappa shape index (κ1) is 25.3. The first-order valence-corrected chi connectivity index (χ1v) is 12.6. The van der Waals surface area contributed by atoms with Crippen LogP contribution in [0.4, 0.5) is 5.69 Å². The van der Waals surface area contributed by atoms with E-state index in [-0.39, 0.29) is 55.1 Å². The van der Waals surface area contributed by atoms with Crippen LogP contribution >= 0.6 is 0 Å². The van der Waals surface area contributed by atoms with Gasteiger partial charge in [0.15, 0.2) is 5.69 Å². The van der Waals surface area contributed by atoms with Crippen molar-refractivity contribution in [3.63, 3.8) is 0 Å². The van der Waals surface area contributed by atoms with Crippen LogP contribution < -0.4 is 10.1 Å². The van der Waals surface area contributed by atoms with Gasteiger partial charge in [0.1, 0.15) is 16.4 Å². The number of carbonyl (C=O) groups excluding carboxylic acids is 1. The summed E-state index contributed by atoms with van der Waals surface area (Å²) in [6, 6.07) is 6.79. The van der Waals surface area contributed by atoms with Gasteiger partial charge in [0.25, 0.3) is 11.6 Å². The molecule has 2 aromatic heterocycles. The number of hydrogen-bond donors (Lipinski definition) is 1. The number of ether oxygens (including phenoxy) is 2. The van der Waals surface area contributed by atoms with E-state index in [2.05, 4.69) is 10.4 Å². The molecule has 3 aromatic rings. The summed E-state index contributed by atoms with van der Waals surface area (Å²) in [5.41, 5.74) is 0.0765. The number of nitro groups is 1. The average molecular weight is 520 g/mol. The number of nitrogens with one attached hydrogen (secondary N) is 1. The van der Waals surface area contributed by atoms with Crippen LogP contribution in [0.5, 0.6) is 11.6 Å². The number of carbonyl (C=O) groups is 1. The topological polar surface area (TPSA) is 159 Å². The van der Waals surface area contributed by atoms with E-state index >= 15 is 0 Å². The Balaban J connectivity index is 1.69. The van der Waals surface area contributed by atoms with Crippen molar-refractivity contribution in [2.75, 3.05) is 26.3 Å². The average Bonchev–Trinajstić information content (AvgIpc) is 3.51. The number of sulfonamides is 1. The molecule has 0 radical (unpaired) electrons. The molecular weight excluding hydrogens is 494 g/mol. The second-order valence-corrected chi connectivity index (χ2v) is 9.77. The molecule has 0 spiro atoms. The second-order valence-electron chi connectivity index (χ2n) is 7.86. The molecule has 4 rings (SSSR count). The van der Waals surface area contributed by atoms with Gasteiger partial charge in [-0.25, -0.2) is 13.1 Å². The summed E-state index contributed by atoms with van der Waals surface area (Å²) in [5.74, 6) is 0.127. The Hall–Kier alpha value is -3.75. The smallest absolute Gasteiger partial charge is 0.272 e. The van der Waals surface area contributed by atoms with E-state index in [0.717, 1.165) is 12.1 Å². The Morgan fingerprint density at radius 3 is 2.67 bits per heavy atom. The summed E-state index contributed by atoms with van der Waals surface area (Å²) in [6.45, 7) is 4.52. The molecule has 13 nitrogen and oxygen atoms in total. The van der Waals surface area contributed by atoms with E-state index in [4.69, 9.17) is 13.9 Å². The number of nitrogens with zero attached hydrogens (tertiary/aromatic N) is 4. The fraction of sp³-hybridized carbons (Fsp3) is 0.364. The minimum Gasteiger partial charge on any atom is -0.467 e. The zero-order valence-corrected chi connectivity index (χ0v) is 20.5. The van der Waals surface area contributed by atoms with E-state index in [1.54, 1.807) is 26.0 Å². The normalized spacial score (nSPS) is 14.5. The Labute approximate surface area is 206 Å². The van der Waals surface area contributed by atoms with Crippen molar-refractivity contribution in [2.24, 2.45) is 0 Å². The monoisotopic (exact) mass is 519 g/mol. The zero-order chi connectivity index (χ0) is 25.9. The molecule has 3 heterocycles. The molecule has 1 saturated heterocycles. The number of amides is 1. The van der Waals surface area contributed by atoms with Crippen molar-refractivity contribution < 1.29 is 32.0 Å². The van der Waals surface area contributed by atoms with E-state index < -0.39 is 26.5 Å². The SMILES string of the molecule is CCn1nc(C(=O)NCc2ccco2)c(C)c1Oc1ccc([N+](=O)[O-])cc1S(=O)(=O)N1CCOCC1. The van der Waals surface area contributed by atoms with Crippen molar-refractivity contribution in [1.29, 1.82) is 0 Å². The lowest BCUT2D eigenvalue weighted by Gasteiger charge is -2.26. The highest BCUT2D eigenvalue weighted by atomic mass is 32.2. The van der Waals surface area contributed by atoms with Gasteiger partial charge in [-0.1, -0.05) is 0 Å². The number of benzene rings is 1. The third-order valence-corrected chi connectivity index (χ3v) is 7.50. The maximum atomic E-state index is 13.4. The molecule has 0 saturated carbocycles. The van der Waals surface area contributed by atoms with Crippen LogP contribution in [-0.2, 0) is 27.8 Å². The first-order chi connectivity index (χ1) is 17.2. The fourth-order valence-electron chi connectivity index (χ4n) is 3.69. The molecular formula is C22H25N5O8S. The lowest BCUT2D eigenvalue weighted by atomic mass is 10.2. The molecule has 1 aromatic carbocycles. The van der Waals surface area contributed by atoms with Crippen LogP contribution in [0.25, 0.3) is 0 Å². The number of aromatic nitrogens is 2. The summed E-state index contributed by atoms with van der Waals surface area (Å²) in [4.78, 5) is 23.1. The van der Waals surface area contributed by atoms with Crippen molar-refractivity contribution in [2.45, 2.75) is 31.8 Å². The van der Waals surface area contributed by atoms with Crippen LogP contribution in [0.2, 0.25) is 0 Å². The summed E-state index contributed by atoms with van der Waals surface area (Å²) < 4.78 is 45.9. The highest BCUT2D eigenvalue weighted by Crippen LogP contribution is 2.36. The number of furan rings is 1. The van der Waals surface area contributed by atoms with Gasteiger partial charge >= 0.3 is 0 Å². The molecule has 1 aliphatic rings.